The Labute approximate surface area is 209 Å². The lowest BCUT2D eigenvalue weighted by Crippen LogP contribution is -2.32. The quantitative estimate of drug-likeness (QED) is 0.241. The molecule has 0 saturated heterocycles. The lowest BCUT2D eigenvalue weighted by Gasteiger charge is -2.09. The first-order chi connectivity index (χ1) is 17.4. The molecular formula is C27H28N4O5. The van der Waals surface area contributed by atoms with Crippen LogP contribution in [0.5, 0.6) is 11.5 Å². The van der Waals surface area contributed by atoms with Gasteiger partial charge in [-0.05, 0) is 92.1 Å². The zero-order valence-electron chi connectivity index (χ0n) is 20.3. The predicted molar refractivity (Wildman–Crippen MR) is 138 cm³/mol. The molecular weight excluding hydrogens is 460 g/mol. The van der Waals surface area contributed by atoms with Crippen LogP contribution in [-0.4, -0.2) is 37.1 Å². The van der Waals surface area contributed by atoms with Crippen molar-refractivity contribution in [3.05, 3.63) is 83.4 Å². The second-order valence-electron chi connectivity index (χ2n) is 7.76. The van der Waals surface area contributed by atoms with Crippen LogP contribution in [0.1, 0.15) is 23.6 Å². The average Bonchev–Trinajstić information content (AvgIpc) is 2.87. The molecule has 0 radical (unpaired) electrons. The topological polar surface area (TPSA) is 118 Å². The van der Waals surface area contributed by atoms with Gasteiger partial charge in [-0.3, -0.25) is 14.4 Å². The summed E-state index contributed by atoms with van der Waals surface area (Å²) in [6.45, 7) is 6.10. The van der Waals surface area contributed by atoms with E-state index in [1.165, 1.54) is 6.21 Å². The Kier molecular flexibility index (Phi) is 9.16. The molecule has 9 nitrogen and oxygen atoms in total. The van der Waals surface area contributed by atoms with Gasteiger partial charge in [0, 0.05) is 11.4 Å². The number of benzene rings is 3. The summed E-state index contributed by atoms with van der Waals surface area (Å²) in [5, 5.41) is 9.13. The van der Waals surface area contributed by atoms with Gasteiger partial charge in [0.05, 0.1) is 12.8 Å². The molecule has 3 aromatic carbocycles. The Hall–Kier alpha value is -4.66. The van der Waals surface area contributed by atoms with Crippen LogP contribution in [0.3, 0.4) is 0 Å². The first kappa shape index (κ1) is 26.0. The normalized spacial score (nSPS) is 10.5. The predicted octanol–water partition coefficient (Wildman–Crippen LogP) is 3.81. The highest BCUT2D eigenvalue weighted by Gasteiger charge is 2.14. The Morgan fingerprint density at radius 2 is 1.50 bits per heavy atom. The number of rotatable bonds is 9. The molecule has 3 N–H and O–H groups in total. The van der Waals surface area contributed by atoms with Gasteiger partial charge in [-0.15, -0.1) is 0 Å². The van der Waals surface area contributed by atoms with Crippen molar-refractivity contribution in [1.29, 1.82) is 0 Å². The van der Waals surface area contributed by atoms with Crippen molar-refractivity contribution >= 4 is 35.3 Å². The highest BCUT2D eigenvalue weighted by molar-refractivity contribution is 6.39. The Morgan fingerprint density at radius 3 is 2.19 bits per heavy atom. The maximum absolute atomic E-state index is 12.1. The number of carbonyl (C=O) groups is 3. The minimum atomic E-state index is -0.884. The number of carbonyl (C=O) groups excluding carboxylic acids is 3. The summed E-state index contributed by atoms with van der Waals surface area (Å²) >= 11 is 0. The maximum Gasteiger partial charge on any atom is 0.329 e. The van der Waals surface area contributed by atoms with Crippen LogP contribution >= 0.6 is 0 Å². The first-order valence-electron chi connectivity index (χ1n) is 11.3. The molecule has 0 unspecified atom stereocenters. The van der Waals surface area contributed by atoms with Crippen LogP contribution in [0.4, 0.5) is 11.4 Å². The molecule has 0 saturated carbocycles. The first-order valence-corrected chi connectivity index (χ1v) is 11.3. The monoisotopic (exact) mass is 488 g/mol. The highest BCUT2D eigenvalue weighted by atomic mass is 16.5. The number of nitrogens with zero attached hydrogens (tertiary/aromatic N) is 1. The molecule has 0 heterocycles. The van der Waals surface area contributed by atoms with Gasteiger partial charge in [0.25, 0.3) is 5.91 Å². The van der Waals surface area contributed by atoms with Crippen LogP contribution in [-0.2, 0) is 14.4 Å². The Balaban J connectivity index is 1.43. The molecule has 3 amide bonds. The van der Waals surface area contributed by atoms with E-state index in [4.69, 9.17) is 9.47 Å². The van der Waals surface area contributed by atoms with Crippen LogP contribution in [0.15, 0.2) is 71.8 Å². The summed E-state index contributed by atoms with van der Waals surface area (Å²) in [6, 6.07) is 19.2. The van der Waals surface area contributed by atoms with Gasteiger partial charge in [0.15, 0.2) is 6.61 Å². The molecule has 0 aliphatic rings. The number of aryl methyl sites for hydroxylation is 1. The number of amides is 3. The molecule has 186 valence electrons. The van der Waals surface area contributed by atoms with E-state index in [0.717, 1.165) is 16.9 Å². The number of nitrogens with one attached hydrogen (secondary N) is 3. The molecule has 0 aliphatic heterocycles. The summed E-state index contributed by atoms with van der Waals surface area (Å²) < 4.78 is 10.9. The van der Waals surface area contributed by atoms with Crippen molar-refractivity contribution in [1.82, 2.24) is 5.43 Å². The summed E-state index contributed by atoms with van der Waals surface area (Å²) in [4.78, 5) is 36.2. The van der Waals surface area contributed by atoms with Crippen LogP contribution in [0.25, 0.3) is 0 Å². The molecule has 0 aliphatic carbocycles. The summed E-state index contributed by atoms with van der Waals surface area (Å²) in [7, 11) is 0. The van der Waals surface area contributed by atoms with Gasteiger partial charge in [0.1, 0.15) is 11.5 Å². The summed E-state index contributed by atoms with van der Waals surface area (Å²) in [5.41, 5.74) is 5.97. The fourth-order valence-corrected chi connectivity index (χ4v) is 3.08. The molecule has 0 atom stereocenters. The van der Waals surface area contributed by atoms with Crippen LogP contribution in [0.2, 0.25) is 0 Å². The third-order valence-electron chi connectivity index (χ3n) is 5.14. The number of hydrazone groups is 1. The third-order valence-corrected chi connectivity index (χ3v) is 5.14. The Morgan fingerprint density at radius 1 is 0.833 bits per heavy atom. The van der Waals surface area contributed by atoms with E-state index in [9.17, 15) is 14.4 Å². The molecule has 0 bridgehead atoms. The lowest BCUT2D eigenvalue weighted by atomic mass is 10.1. The van der Waals surface area contributed by atoms with Gasteiger partial charge in [-0.1, -0.05) is 12.1 Å². The Bertz CT molecular complexity index is 1240. The van der Waals surface area contributed by atoms with Crippen LogP contribution in [0, 0.1) is 13.8 Å². The molecule has 0 aromatic heterocycles. The largest absolute Gasteiger partial charge is 0.494 e. The van der Waals surface area contributed by atoms with Gasteiger partial charge < -0.3 is 20.1 Å². The molecule has 0 spiro atoms. The van der Waals surface area contributed by atoms with Gasteiger partial charge in [-0.25, -0.2) is 5.43 Å². The maximum atomic E-state index is 12.1. The summed E-state index contributed by atoms with van der Waals surface area (Å²) in [5.74, 6) is -0.771. The minimum Gasteiger partial charge on any atom is -0.494 e. The molecule has 0 fully saturated rings. The molecule has 36 heavy (non-hydrogen) atoms. The van der Waals surface area contributed by atoms with Crippen molar-refractivity contribution in [3.8, 4) is 11.5 Å². The summed E-state index contributed by atoms with van der Waals surface area (Å²) in [6.07, 6.45) is 1.39. The van der Waals surface area contributed by atoms with E-state index in [1.807, 2.05) is 26.8 Å². The standard InChI is InChI=1S/C27H28N4O5/c1-4-35-22-14-10-21(11-15-22)29-25(32)17-36-23-12-8-20(9-13-23)16-28-31-27(34)26(33)30-24-7-5-6-18(2)19(24)3/h5-16H,4,17H2,1-3H3,(H,29,32)(H,30,33)(H,31,34)/b28-16-. The van der Waals surface area contributed by atoms with E-state index >= 15 is 0 Å². The second-order valence-corrected chi connectivity index (χ2v) is 7.76. The van der Waals surface area contributed by atoms with Gasteiger partial charge in [0.2, 0.25) is 0 Å². The van der Waals surface area contributed by atoms with Crippen molar-refractivity contribution in [2.24, 2.45) is 5.10 Å². The highest BCUT2D eigenvalue weighted by Crippen LogP contribution is 2.18. The molecule has 9 heteroatoms. The van der Waals surface area contributed by atoms with Crippen molar-refractivity contribution in [2.45, 2.75) is 20.8 Å². The van der Waals surface area contributed by atoms with E-state index in [-0.39, 0.29) is 12.5 Å². The number of anilines is 2. The van der Waals surface area contributed by atoms with Crippen LogP contribution < -0.4 is 25.5 Å². The number of hydrogen-bond donors (Lipinski definition) is 3. The third kappa shape index (κ3) is 7.69. The smallest absolute Gasteiger partial charge is 0.329 e. The van der Waals surface area contributed by atoms with E-state index < -0.39 is 11.8 Å². The fourth-order valence-electron chi connectivity index (χ4n) is 3.08. The van der Waals surface area contributed by atoms with Crippen molar-refractivity contribution in [2.75, 3.05) is 23.8 Å². The number of hydrogen-bond acceptors (Lipinski definition) is 6. The fraction of sp³-hybridized carbons (Fsp3) is 0.185. The van der Waals surface area contributed by atoms with E-state index in [0.29, 0.717) is 29.3 Å². The van der Waals surface area contributed by atoms with E-state index in [2.05, 4.69) is 21.2 Å². The SMILES string of the molecule is CCOc1ccc(NC(=O)COc2ccc(/C=N\NC(=O)C(=O)Nc3cccc(C)c3C)cc2)cc1. The minimum absolute atomic E-state index is 0.160. The van der Waals surface area contributed by atoms with Crippen molar-refractivity contribution < 1.29 is 23.9 Å². The number of ether oxygens (including phenoxy) is 2. The van der Waals surface area contributed by atoms with Gasteiger partial charge >= 0.3 is 11.8 Å². The van der Waals surface area contributed by atoms with Crippen molar-refractivity contribution in [3.63, 3.8) is 0 Å². The van der Waals surface area contributed by atoms with E-state index in [1.54, 1.807) is 60.7 Å². The van der Waals surface area contributed by atoms with Gasteiger partial charge in [-0.2, -0.15) is 5.10 Å². The average molecular weight is 489 g/mol. The second kappa shape index (κ2) is 12.7. The molecule has 3 aromatic rings. The molecule has 3 rings (SSSR count). The zero-order chi connectivity index (χ0) is 25.9. The zero-order valence-corrected chi connectivity index (χ0v) is 20.3. The lowest BCUT2D eigenvalue weighted by molar-refractivity contribution is -0.136.